The van der Waals surface area contributed by atoms with Crippen molar-refractivity contribution in [1.82, 2.24) is 10.1 Å². The molecule has 2 heterocycles. The Bertz CT molecular complexity index is 441. The SMILES string of the molecule is Cc1cccc(-c2c(C)noc2C)n1. The van der Waals surface area contributed by atoms with Gasteiger partial charge in [-0.25, -0.2) is 0 Å². The van der Waals surface area contributed by atoms with Gasteiger partial charge in [0, 0.05) is 5.69 Å². The molecule has 0 spiro atoms. The maximum atomic E-state index is 5.10. The van der Waals surface area contributed by atoms with Crippen LogP contribution in [0.3, 0.4) is 0 Å². The van der Waals surface area contributed by atoms with E-state index in [1.54, 1.807) is 0 Å². The number of pyridine rings is 1. The number of hydrogen-bond donors (Lipinski definition) is 0. The highest BCUT2D eigenvalue weighted by Gasteiger charge is 2.11. The van der Waals surface area contributed by atoms with Gasteiger partial charge in [0.1, 0.15) is 5.76 Å². The van der Waals surface area contributed by atoms with Crippen molar-refractivity contribution in [2.75, 3.05) is 0 Å². The van der Waals surface area contributed by atoms with E-state index in [-0.39, 0.29) is 0 Å². The first-order chi connectivity index (χ1) is 6.68. The third-order valence-electron chi connectivity index (χ3n) is 2.18. The summed E-state index contributed by atoms with van der Waals surface area (Å²) in [6.07, 6.45) is 0. The molecule has 0 unspecified atom stereocenters. The van der Waals surface area contributed by atoms with Gasteiger partial charge in [0.05, 0.1) is 17.0 Å². The van der Waals surface area contributed by atoms with Crippen LogP contribution in [-0.4, -0.2) is 10.1 Å². The third kappa shape index (κ3) is 1.41. The predicted octanol–water partition coefficient (Wildman–Crippen LogP) is 2.66. The lowest BCUT2D eigenvalue weighted by Crippen LogP contribution is -1.88. The van der Waals surface area contributed by atoms with Crippen LogP contribution in [0.1, 0.15) is 17.1 Å². The van der Waals surface area contributed by atoms with E-state index in [1.807, 2.05) is 39.0 Å². The normalized spacial score (nSPS) is 10.5. The molecule has 0 saturated heterocycles. The van der Waals surface area contributed by atoms with Crippen LogP contribution in [0.5, 0.6) is 0 Å². The van der Waals surface area contributed by atoms with Crippen LogP contribution < -0.4 is 0 Å². The van der Waals surface area contributed by atoms with Crippen molar-refractivity contribution in [1.29, 1.82) is 0 Å². The molecule has 3 nitrogen and oxygen atoms in total. The van der Waals surface area contributed by atoms with Crippen LogP contribution in [0.2, 0.25) is 0 Å². The summed E-state index contributed by atoms with van der Waals surface area (Å²) in [5.41, 5.74) is 3.83. The van der Waals surface area contributed by atoms with E-state index in [9.17, 15) is 0 Å². The van der Waals surface area contributed by atoms with Crippen LogP contribution in [0, 0.1) is 20.8 Å². The predicted molar refractivity (Wildman–Crippen MR) is 53.9 cm³/mol. The van der Waals surface area contributed by atoms with E-state index < -0.39 is 0 Å². The third-order valence-corrected chi connectivity index (χ3v) is 2.18. The Balaban J connectivity index is 2.59. The Kier molecular flexibility index (Phi) is 2.08. The number of rotatable bonds is 1. The minimum Gasteiger partial charge on any atom is -0.361 e. The second kappa shape index (κ2) is 3.25. The van der Waals surface area contributed by atoms with Crippen molar-refractivity contribution in [2.24, 2.45) is 0 Å². The Morgan fingerprint density at radius 1 is 1.14 bits per heavy atom. The molecular formula is C11H12N2O. The van der Waals surface area contributed by atoms with Gasteiger partial charge in [0.2, 0.25) is 0 Å². The fraction of sp³-hybridized carbons (Fsp3) is 0.273. The smallest absolute Gasteiger partial charge is 0.143 e. The van der Waals surface area contributed by atoms with Gasteiger partial charge in [-0.05, 0) is 32.9 Å². The molecule has 0 fully saturated rings. The second-order valence-electron chi connectivity index (χ2n) is 3.36. The molecule has 0 N–H and O–H groups in total. The van der Waals surface area contributed by atoms with E-state index >= 15 is 0 Å². The minimum absolute atomic E-state index is 0.820. The molecule has 0 aromatic carbocycles. The lowest BCUT2D eigenvalue weighted by Gasteiger charge is -1.99. The molecule has 0 atom stereocenters. The van der Waals surface area contributed by atoms with Gasteiger partial charge < -0.3 is 4.52 Å². The number of hydrogen-bond acceptors (Lipinski definition) is 3. The summed E-state index contributed by atoms with van der Waals surface area (Å²) < 4.78 is 5.10. The first kappa shape index (κ1) is 8.94. The maximum absolute atomic E-state index is 5.10. The minimum atomic E-state index is 0.820. The summed E-state index contributed by atoms with van der Waals surface area (Å²) >= 11 is 0. The van der Waals surface area contributed by atoms with E-state index in [0.29, 0.717) is 0 Å². The molecule has 0 aliphatic rings. The van der Waals surface area contributed by atoms with E-state index in [1.165, 1.54) is 0 Å². The zero-order valence-corrected chi connectivity index (χ0v) is 8.53. The standard InChI is InChI=1S/C11H12N2O/c1-7-5-4-6-10(12-7)11-8(2)13-14-9(11)3/h4-6H,1-3H3. The van der Waals surface area contributed by atoms with Gasteiger partial charge >= 0.3 is 0 Å². The Labute approximate surface area is 82.8 Å². The lowest BCUT2D eigenvalue weighted by atomic mass is 10.1. The first-order valence-electron chi connectivity index (χ1n) is 4.55. The molecule has 0 aliphatic carbocycles. The van der Waals surface area contributed by atoms with Crippen LogP contribution >= 0.6 is 0 Å². The van der Waals surface area contributed by atoms with Crippen LogP contribution in [0.4, 0.5) is 0 Å². The molecular weight excluding hydrogens is 176 g/mol. The van der Waals surface area contributed by atoms with Crippen LogP contribution in [-0.2, 0) is 0 Å². The van der Waals surface area contributed by atoms with Crippen molar-refractivity contribution in [3.63, 3.8) is 0 Å². The highest BCUT2D eigenvalue weighted by atomic mass is 16.5. The van der Waals surface area contributed by atoms with Crippen molar-refractivity contribution in [3.05, 3.63) is 35.3 Å². The largest absolute Gasteiger partial charge is 0.361 e. The monoisotopic (exact) mass is 188 g/mol. The van der Waals surface area contributed by atoms with E-state index in [0.717, 1.165) is 28.4 Å². The quantitative estimate of drug-likeness (QED) is 0.690. The molecule has 0 bridgehead atoms. The summed E-state index contributed by atoms with van der Waals surface area (Å²) in [5, 5.41) is 3.91. The van der Waals surface area contributed by atoms with Gasteiger partial charge in [-0.15, -0.1) is 0 Å². The van der Waals surface area contributed by atoms with Crippen LogP contribution in [0.25, 0.3) is 11.3 Å². The molecule has 2 aromatic rings. The molecule has 2 aromatic heterocycles. The summed E-state index contributed by atoms with van der Waals surface area (Å²) in [5.74, 6) is 0.820. The number of aryl methyl sites for hydroxylation is 3. The van der Waals surface area contributed by atoms with Crippen molar-refractivity contribution < 1.29 is 4.52 Å². The van der Waals surface area contributed by atoms with Gasteiger partial charge in [-0.2, -0.15) is 0 Å². The zero-order valence-electron chi connectivity index (χ0n) is 8.53. The highest BCUT2D eigenvalue weighted by molar-refractivity contribution is 5.63. The maximum Gasteiger partial charge on any atom is 0.143 e. The lowest BCUT2D eigenvalue weighted by molar-refractivity contribution is 0.393. The van der Waals surface area contributed by atoms with E-state index in [4.69, 9.17) is 4.52 Å². The van der Waals surface area contributed by atoms with Gasteiger partial charge in [0.15, 0.2) is 0 Å². The van der Waals surface area contributed by atoms with Crippen molar-refractivity contribution >= 4 is 0 Å². The summed E-state index contributed by atoms with van der Waals surface area (Å²) in [7, 11) is 0. The van der Waals surface area contributed by atoms with Gasteiger partial charge in [-0.1, -0.05) is 11.2 Å². The average molecular weight is 188 g/mol. The second-order valence-corrected chi connectivity index (χ2v) is 3.36. The first-order valence-corrected chi connectivity index (χ1v) is 4.55. The summed E-state index contributed by atoms with van der Waals surface area (Å²) in [4.78, 5) is 4.44. The fourth-order valence-corrected chi connectivity index (χ4v) is 1.53. The van der Waals surface area contributed by atoms with Gasteiger partial charge in [-0.3, -0.25) is 4.98 Å². The summed E-state index contributed by atoms with van der Waals surface area (Å²) in [6.45, 7) is 5.80. The molecule has 14 heavy (non-hydrogen) atoms. The Morgan fingerprint density at radius 3 is 2.50 bits per heavy atom. The molecule has 0 amide bonds. The molecule has 0 radical (unpaired) electrons. The average Bonchev–Trinajstić information content (AvgIpc) is 2.46. The highest BCUT2D eigenvalue weighted by Crippen LogP contribution is 2.24. The number of nitrogens with zero attached hydrogens (tertiary/aromatic N) is 2. The van der Waals surface area contributed by atoms with Crippen LogP contribution in [0.15, 0.2) is 22.7 Å². The fourth-order valence-electron chi connectivity index (χ4n) is 1.53. The van der Waals surface area contributed by atoms with Gasteiger partial charge in [0.25, 0.3) is 0 Å². The summed E-state index contributed by atoms with van der Waals surface area (Å²) in [6, 6.07) is 5.94. The Hall–Kier alpha value is -1.64. The van der Waals surface area contributed by atoms with Crippen molar-refractivity contribution in [2.45, 2.75) is 20.8 Å². The topological polar surface area (TPSA) is 38.9 Å². The molecule has 3 heteroatoms. The Morgan fingerprint density at radius 2 is 1.93 bits per heavy atom. The zero-order chi connectivity index (χ0) is 10.1. The van der Waals surface area contributed by atoms with Crippen molar-refractivity contribution in [3.8, 4) is 11.3 Å². The molecule has 0 saturated carbocycles. The number of aromatic nitrogens is 2. The molecule has 72 valence electrons. The molecule has 2 rings (SSSR count). The molecule has 0 aliphatic heterocycles. The van der Waals surface area contributed by atoms with E-state index in [2.05, 4.69) is 10.1 Å².